The second-order valence-corrected chi connectivity index (χ2v) is 8.04. The quantitative estimate of drug-likeness (QED) is 0.667. The fourth-order valence-corrected chi connectivity index (χ4v) is 3.81. The Morgan fingerprint density at radius 3 is 2.30 bits per heavy atom. The third kappa shape index (κ3) is 2.67. The predicted octanol–water partition coefficient (Wildman–Crippen LogP) is 4.66. The SMILES string of the molecule is CCN1C(=O)c2oc3ccccc3c(=O)c2C1c1ccc(C(C)(C)C)cc1. The highest BCUT2D eigenvalue weighted by atomic mass is 16.3. The minimum absolute atomic E-state index is 0.0433. The van der Waals surface area contributed by atoms with Crippen LogP contribution in [-0.2, 0) is 5.41 Å². The Morgan fingerprint density at radius 1 is 1.00 bits per heavy atom. The molecule has 1 atom stereocenters. The minimum Gasteiger partial charge on any atom is -0.450 e. The monoisotopic (exact) mass is 361 g/mol. The lowest BCUT2D eigenvalue weighted by atomic mass is 9.86. The Morgan fingerprint density at radius 2 is 1.67 bits per heavy atom. The third-order valence-electron chi connectivity index (χ3n) is 5.31. The zero-order valence-electron chi connectivity index (χ0n) is 16.1. The molecule has 4 rings (SSSR count). The van der Waals surface area contributed by atoms with Gasteiger partial charge in [0.1, 0.15) is 5.58 Å². The number of carbonyl (C=O) groups is 1. The Balaban J connectivity index is 1.93. The summed E-state index contributed by atoms with van der Waals surface area (Å²) < 4.78 is 5.87. The van der Waals surface area contributed by atoms with Crippen LogP contribution in [0.25, 0.3) is 11.0 Å². The summed E-state index contributed by atoms with van der Waals surface area (Å²) in [5.74, 6) is -0.0503. The summed E-state index contributed by atoms with van der Waals surface area (Å²) >= 11 is 0. The number of para-hydroxylation sites is 1. The van der Waals surface area contributed by atoms with Crippen LogP contribution < -0.4 is 5.43 Å². The van der Waals surface area contributed by atoms with Crippen molar-refractivity contribution in [1.82, 2.24) is 4.90 Å². The van der Waals surface area contributed by atoms with E-state index in [1.54, 1.807) is 23.1 Å². The summed E-state index contributed by atoms with van der Waals surface area (Å²) in [5.41, 5.74) is 2.96. The summed E-state index contributed by atoms with van der Waals surface area (Å²) in [6, 6.07) is 14.9. The van der Waals surface area contributed by atoms with E-state index in [1.165, 1.54) is 5.56 Å². The van der Waals surface area contributed by atoms with E-state index < -0.39 is 6.04 Å². The molecule has 27 heavy (non-hydrogen) atoms. The van der Waals surface area contributed by atoms with Gasteiger partial charge in [-0.1, -0.05) is 57.2 Å². The zero-order valence-corrected chi connectivity index (χ0v) is 16.1. The first-order valence-electron chi connectivity index (χ1n) is 9.30. The lowest BCUT2D eigenvalue weighted by molar-refractivity contribution is 0.0738. The molecule has 0 fully saturated rings. The Hall–Kier alpha value is -2.88. The Bertz CT molecular complexity index is 1090. The van der Waals surface area contributed by atoms with Crippen molar-refractivity contribution >= 4 is 16.9 Å². The van der Waals surface area contributed by atoms with Crippen molar-refractivity contribution < 1.29 is 9.21 Å². The van der Waals surface area contributed by atoms with Crippen LogP contribution in [0.4, 0.5) is 0 Å². The van der Waals surface area contributed by atoms with Crippen LogP contribution >= 0.6 is 0 Å². The van der Waals surface area contributed by atoms with E-state index >= 15 is 0 Å². The normalized spacial score (nSPS) is 16.8. The van der Waals surface area contributed by atoms with Gasteiger partial charge in [0, 0.05) is 6.54 Å². The molecule has 4 nitrogen and oxygen atoms in total. The van der Waals surface area contributed by atoms with Crippen LogP contribution in [-0.4, -0.2) is 17.4 Å². The maximum atomic E-state index is 13.2. The Kier molecular flexibility index (Phi) is 3.95. The molecule has 0 aliphatic carbocycles. The topological polar surface area (TPSA) is 50.5 Å². The molecule has 1 amide bonds. The molecule has 1 aliphatic rings. The van der Waals surface area contributed by atoms with Crippen molar-refractivity contribution in [3.05, 3.63) is 81.2 Å². The maximum absolute atomic E-state index is 13.2. The summed E-state index contributed by atoms with van der Waals surface area (Å²) in [6.07, 6.45) is 0. The van der Waals surface area contributed by atoms with Gasteiger partial charge in [0.05, 0.1) is 17.0 Å². The molecule has 2 heterocycles. The van der Waals surface area contributed by atoms with Crippen LogP contribution in [0.2, 0.25) is 0 Å². The summed E-state index contributed by atoms with van der Waals surface area (Å²) in [4.78, 5) is 27.8. The smallest absolute Gasteiger partial charge is 0.290 e. The highest BCUT2D eigenvalue weighted by Crippen LogP contribution is 2.38. The first-order valence-corrected chi connectivity index (χ1v) is 9.30. The molecule has 0 radical (unpaired) electrons. The predicted molar refractivity (Wildman–Crippen MR) is 106 cm³/mol. The van der Waals surface area contributed by atoms with Gasteiger partial charge in [-0.3, -0.25) is 9.59 Å². The highest BCUT2D eigenvalue weighted by molar-refractivity contribution is 5.99. The molecule has 3 aromatic rings. The molecule has 0 N–H and O–H groups in total. The van der Waals surface area contributed by atoms with E-state index in [4.69, 9.17) is 4.42 Å². The fraction of sp³-hybridized carbons (Fsp3) is 0.304. The number of hydrogen-bond donors (Lipinski definition) is 0. The molecule has 1 aromatic heterocycles. The van der Waals surface area contributed by atoms with Crippen molar-refractivity contribution in [1.29, 1.82) is 0 Å². The lowest BCUT2D eigenvalue weighted by Gasteiger charge is -2.25. The highest BCUT2D eigenvalue weighted by Gasteiger charge is 2.41. The van der Waals surface area contributed by atoms with E-state index in [9.17, 15) is 9.59 Å². The van der Waals surface area contributed by atoms with E-state index in [2.05, 4.69) is 32.9 Å². The number of carbonyl (C=O) groups excluding carboxylic acids is 1. The molecular weight excluding hydrogens is 338 g/mol. The van der Waals surface area contributed by atoms with Crippen molar-refractivity contribution in [3.63, 3.8) is 0 Å². The zero-order chi connectivity index (χ0) is 19.3. The first kappa shape index (κ1) is 17.5. The number of rotatable bonds is 2. The van der Waals surface area contributed by atoms with Gasteiger partial charge in [-0.2, -0.15) is 0 Å². The number of fused-ring (bicyclic) bond motifs is 2. The van der Waals surface area contributed by atoms with Crippen LogP contribution in [0.1, 0.15) is 61.0 Å². The fourth-order valence-electron chi connectivity index (χ4n) is 3.81. The van der Waals surface area contributed by atoms with Gasteiger partial charge in [0.2, 0.25) is 5.76 Å². The molecule has 0 spiro atoms. The van der Waals surface area contributed by atoms with Crippen molar-refractivity contribution in [3.8, 4) is 0 Å². The number of hydrogen-bond acceptors (Lipinski definition) is 3. The van der Waals surface area contributed by atoms with E-state index in [1.807, 2.05) is 25.1 Å². The van der Waals surface area contributed by atoms with Gasteiger partial charge in [-0.15, -0.1) is 0 Å². The molecular formula is C23H23NO3. The van der Waals surface area contributed by atoms with Crippen LogP contribution in [0.15, 0.2) is 57.7 Å². The Labute approximate surface area is 158 Å². The molecule has 138 valence electrons. The molecule has 4 heteroatoms. The first-order chi connectivity index (χ1) is 12.8. The number of nitrogens with zero attached hydrogens (tertiary/aromatic N) is 1. The third-order valence-corrected chi connectivity index (χ3v) is 5.31. The van der Waals surface area contributed by atoms with E-state index in [0.717, 1.165) is 5.56 Å². The molecule has 0 saturated carbocycles. The van der Waals surface area contributed by atoms with E-state index in [-0.39, 0.29) is 22.5 Å². The van der Waals surface area contributed by atoms with Gasteiger partial charge in [0.25, 0.3) is 5.91 Å². The molecule has 1 unspecified atom stereocenters. The minimum atomic E-state index is -0.410. The number of benzene rings is 2. The molecule has 0 bridgehead atoms. The van der Waals surface area contributed by atoms with Gasteiger partial charge < -0.3 is 9.32 Å². The van der Waals surface area contributed by atoms with Crippen molar-refractivity contribution in [2.24, 2.45) is 0 Å². The lowest BCUT2D eigenvalue weighted by Crippen LogP contribution is -2.29. The summed E-state index contributed by atoms with van der Waals surface area (Å²) in [7, 11) is 0. The van der Waals surface area contributed by atoms with Gasteiger partial charge >= 0.3 is 0 Å². The van der Waals surface area contributed by atoms with Gasteiger partial charge in [-0.05, 0) is 35.6 Å². The van der Waals surface area contributed by atoms with Gasteiger partial charge in [-0.25, -0.2) is 0 Å². The number of amides is 1. The summed E-state index contributed by atoms with van der Waals surface area (Å²) in [5, 5.41) is 0.512. The van der Waals surface area contributed by atoms with Crippen LogP contribution in [0.3, 0.4) is 0 Å². The second-order valence-electron chi connectivity index (χ2n) is 8.04. The van der Waals surface area contributed by atoms with Crippen molar-refractivity contribution in [2.45, 2.75) is 39.2 Å². The van der Waals surface area contributed by atoms with Crippen LogP contribution in [0.5, 0.6) is 0 Å². The van der Waals surface area contributed by atoms with Crippen LogP contribution in [0, 0.1) is 0 Å². The maximum Gasteiger partial charge on any atom is 0.290 e. The van der Waals surface area contributed by atoms with Crippen molar-refractivity contribution in [2.75, 3.05) is 6.54 Å². The molecule has 2 aromatic carbocycles. The molecule has 1 aliphatic heterocycles. The molecule has 0 saturated heterocycles. The standard InChI is InChI=1S/C23H23NO3/c1-5-24-19(14-10-12-15(13-11-14)23(2,3)4)18-20(25)16-8-6-7-9-17(16)27-21(18)22(24)26/h6-13,19H,5H2,1-4H3. The van der Waals surface area contributed by atoms with E-state index in [0.29, 0.717) is 23.1 Å². The largest absolute Gasteiger partial charge is 0.450 e. The average molecular weight is 361 g/mol. The summed E-state index contributed by atoms with van der Waals surface area (Å²) in [6.45, 7) is 8.91. The van der Waals surface area contributed by atoms with Gasteiger partial charge in [0.15, 0.2) is 5.43 Å². The second kappa shape index (κ2) is 6.08. The average Bonchev–Trinajstić information content (AvgIpc) is 2.93.